The maximum absolute atomic E-state index is 12.5. The number of carbonyl (C=O) groups is 1. The first-order valence-corrected chi connectivity index (χ1v) is 9.29. The molecule has 0 unspecified atom stereocenters. The fraction of sp³-hybridized carbons (Fsp3) is 0.750. The molecule has 1 saturated heterocycles. The highest BCUT2D eigenvalue weighted by Crippen LogP contribution is 2.26. The summed E-state index contributed by atoms with van der Waals surface area (Å²) in [6, 6.07) is 2.07. The van der Waals surface area contributed by atoms with Gasteiger partial charge in [0.25, 0.3) is 5.91 Å². The molecule has 124 valence electrons. The molecule has 0 atom stereocenters. The molecule has 1 aliphatic heterocycles. The molecule has 2 N–H and O–H groups in total. The second-order valence-corrected chi connectivity index (χ2v) is 7.33. The first kappa shape index (κ1) is 17.3. The summed E-state index contributed by atoms with van der Waals surface area (Å²) in [5.41, 5.74) is 0.695. The number of aryl methyl sites for hydroxylation is 1. The maximum atomic E-state index is 12.5. The summed E-state index contributed by atoms with van der Waals surface area (Å²) in [5, 5.41) is 17.9. The topological polar surface area (TPSA) is 67.2 Å². The molecule has 0 saturated carbocycles. The minimum atomic E-state index is -0.754. The molecule has 6 heteroatoms. The highest BCUT2D eigenvalue weighted by atomic mass is 32.2. The van der Waals surface area contributed by atoms with Gasteiger partial charge in [-0.1, -0.05) is 13.8 Å². The first-order chi connectivity index (χ1) is 10.5. The third-order valence-corrected chi connectivity index (χ3v) is 5.37. The Bertz CT molecular complexity index is 505. The summed E-state index contributed by atoms with van der Waals surface area (Å²) in [4.78, 5) is 12.5. The number of aliphatic hydroxyl groups is 1. The van der Waals surface area contributed by atoms with Crippen molar-refractivity contribution in [3.05, 3.63) is 17.5 Å². The van der Waals surface area contributed by atoms with E-state index in [1.54, 1.807) is 0 Å². The number of nitrogens with zero attached hydrogens (tertiary/aromatic N) is 2. The van der Waals surface area contributed by atoms with Crippen LogP contribution < -0.4 is 5.32 Å². The molecule has 0 bridgehead atoms. The van der Waals surface area contributed by atoms with Gasteiger partial charge in [-0.25, -0.2) is 0 Å². The standard InChI is InChI=1S/C16H27N3O2S/c1-4-13(5-2)19-14(10-12(3)18-19)15(20)17-11-16(21)6-8-22-9-7-16/h10,13,21H,4-9,11H2,1-3H3,(H,17,20). The van der Waals surface area contributed by atoms with Crippen LogP contribution in [0.25, 0.3) is 0 Å². The lowest BCUT2D eigenvalue weighted by Gasteiger charge is -2.31. The van der Waals surface area contributed by atoms with Gasteiger partial charge in [0.1, 0.15) is 5.69 Å². The summed E-state index contributed by atoms with van der Waals surface area (Å²) >= 11 is 1.86. The van der Waals surface area contributed by atoms with Crippen molar-refractivity contribution in [1.82, 2.24) is 15.1 Å². The number of nitrogens with one attached hydrogen (secondary N) is 1. The fourth-order valence-electron chi connectivity index (χ4n) is 2.86. The lowest BCUT2D eigenvalue weighted by atomic mass is 9.97. The van der Waals surface area contributed by atoms with E-state index in [0.29, 0.717) is 12.2 Å². The monoisotopic (exact) mass is 325 g/mol. The third-order valence-electron chi connectivity index (χ3n) is 4.38. The maximum Gasteiger partial charge on any atom is 0.269 e. The molecule has 0 aliphatic carbocycles. The summed E-state index contributed by atoms with van der Waals surface area (Å²) in [5.74, 6) is 1.77. The van der Waals surface area contributed by atoms with Crippen LogP contribution in [0.4, 0.5) is 0 Å². The van der Waals surface area contributed by atoms with Crippen molar-refractivity contribution >= 4 is 17.7 Å². The molecule has 1 amide bonds. The zero-order valence-electron chi connectivity index (χ0n) is 13.8. The van der Waals surface area contributed by atoms with Gasteiger partial charge >= 0.3 is 0 Å². The lowest BCUT2D eigenvalue weighted by Crippen LogP contribution is -2.45. The molecule has 2 heterocycles. The molecule has 1 aromatic heterocycles. The van der Waals surface area contributed by atoms with Gasteiger partial charge in [0.2, 0.25) is 0 Å². The third kappa shape index (κ3) is 4.04. The lowest BCUT2D eigenvalue weighted by molar-refractivity contribution is 0.0309. The Balaban J connectivity index is 2.06. The molecular formula is C16H27N3O2S. The Morgan fingerprint density at radius 2 is 2.09 bits per heavy atom. The van der Waals surface area contributed by atoms with Crippen LogP contribution in [0.1, 0.15) is 61.8 Å². The van der Waals surface area contributed by atoms with E-state index in [4.69, 9.17) is 0 Å². The summed E-state index contributed by atoms with van der Waals surface area (Å²) in [6.07, 6.45) is 3.36. The number of amides is 1. The Kier molecular flexibility index (Phi) is 5.92. The van der Waals surface area contributed by atoms with Gasteiger partial charge in [-0.2, -0.15) is 16.9 Å². The highest BCUT2D eigenvalue weighted by molar-refractivity contribution is 7.99. The second-order valence-electron chi connectivity index (χ2n) is 6.11. The molecular weight excluding hydrogens is 298 g/mol. The van der Waals surface area contributed by atoms with Crippen molar-refractivity contribution in [2.75, 3.05) is 18.1 Å². The van der Waals surface area contributed by atoms with E-state index in [2.05, 4.69) is 24.3 Å². The average molecular weight is 325 g/mol. The largest absolute Gasteiger partial charge is 0.388 e. The van der Waals surface area contributed by atoms with Gasteiger partial charge in [0.05, 0.1) is 17.3 Å². The molecule has 1 fully saturated rings. The first-order valence-electron chi connectivity index (χ1n) is 8.13. The van der Waals surface area contributed by atoms with Crippen molar-refractivity contribution in [2.24, 2.45) is 0 Å². The highest BCUT2D eigenvalue weighted by Gasteiger charge is 2.30. The van der Waals surface area contributed by atoms with Gasteiger partial charge in [-0.05, 0) is 50.2 Å². The van der Waals surface area contributed by atoms with Crippen LogP contribution in [0.15, 0.2) is 6.07 Å². The van der Waals surface area contributed by atoms with Gasteiger partial charge < -0.3 is 10.4 Å². The number of aromatic nitrogens is 2. The van der Waals surface area contributed by atoms with Crippen molar-refractivity contribution in [3.63, 3.8) is 0 Å². The predicted molar refractivity (Wildman–Crippen MR) is 90.4 cm³/mol. The van der Waals surface area contributed by atoms with Gasteiger partial charge in [0.15, 0.2) is 0 Å². The van der Waals surface area contributed by atoms with Crippen molar-refractivity contribution < 1.29 is 9.90 Å². The normalized spacial score (nSPS) is 17.7. The summed E-state index contributed by atoms with van der Waals surface area (Å²) in [7, 11) is 0. The number of thioether (sulfide) groups is 1. The van der Waals surface area contributed by atoms with Gasteiger partial charge in [0, 0.05) is 6.54 Å². The van der Waals surface area contributed by atoms with E-state index in [1.165, 1.54) is 0 Å². The molecule has 0 spiro atoms. The molecule has 2 rings (SSSR count). The Morgan fingerprint density at radius 1 is 1.45 bits per heavy atom. The molecule has 0 aromatic carbocycles. The second kappa shape index (κ2) is 7.51. The summed E-state index contributed by atoms with van der Waals surface area (Å²) in [6.45, 7) is 6.44. The van der Waals surface area contributed by atoms with E-state index in [9.17, 15) is 9.90 Å². The smallest absolute Gasteiger partial charge is 0.269 e. The molecule has 5 nitrogen and oxygen atoms in total. The zero-order chi connectivity index (χ0) is 16.2. The Morgan fingerprint density at radius 3 is 2.68 bits per heavy atom. The Labute approximate surface area is 136 Å². The van der Waals surface area contributed by atoms with E-state index in [1.807, 2.05) is 29.4 Å². The fourth-order valence-corrected chi connectivity index (χ4v) is 4.12. The van der Waals surface area contributed by atoms with Crippen molar-refractivity contribution in [3.8, 4) is 0 Å². The molecule has 22 heavy (non-hydrogen) atoms. The van der Waals surface area contributed by atoms with Crippen LogP contribution in [0, 0.1) is 6.92 Å². The van der Waals surface area contributed by atoms with Gasteiger partial charge in [-0.15, -0.1) is 0 Å². The molecule has 0 radical (unpaired) electrons. The zero-order valence-corrected chi connectivity index (χ0v) is 14.6. The van der Waals surface area contributed by atoms with Crippen molar-refractivity contribution in [2.45, 2.75) is 58.1 Å². The van der Waals surface area contributed by atoms with Crippen LogP contribution >= 0.6 is 11.8 Å². The minimum Gasteiger partial charge on any atom is -0.388 e. The number of hydrogen-bond acceptors (Lipinski definition) is 4. The van der Waals surface area contributed by atoms with Crippen LogP contribution in [0.5, 0.6) is 0 Å². The predicted octanol–water partition coefficient (Wildman–Crippen LogP) is 2.54. The SMILES string of the molecule is CCC(CC)n1nc(C)cc1C(=O)NCC1(O)CCSCC1. The summed E-state index contributed by atoms with van der Waals surface area (Å²) < 4.78 is 1.84. The van der Waals surface area contributed by atoms with E-state index < -0.39 is 5.60 Å². The van der Waals surface area contributed by atoms with E-state index in [0.717, 1.165) is 42.9 Å². The number of rotatable bonds is 6. The van der Waals surface area contributed by atoms with E-state index >= 15 is 0 Å². The molecule has 1 aromatic rings. The van der Waals surface area contributed by atoms with E-state index in [-0.39, 0.29) is 11.9 Å². The molecule has 1 aliphatic rings. The van der Waals surface area contributed by atoms with Crippen LogP contribution in [-0.4, -0.2) is 44.4 Å². The van der Waals surface area contributed by atoms with Crippen LogP contribution in [0.2, 0.25) is 0 Å². The number of hydrogen-bond donors (Lipinski definition) is 2. The quantitative estimate of drug-likeness (QED) is 0.843. The Hall–Kier alpha value is -1.01. The average Bonchev–Trinajstić information content (AvgIpc) is 2.89. The van der Waals surface area contributed by atoms with Crippen molar-refractivity contribution in [1.29, 1.82) is 0 Å². The van der Waals surface area contributed by atoms with Gasteiger partial charge in [-0.3, -0.25) is 9.48 Å². The minimum absolute atomic E-state index is 0.140. The van der Waals surface area contributed by atoms with Crippen LogP contribution in [-0.2, 0) is 0 Å². The van der Waals surface area contributed by atoms with Crippen LogP contribution in [0.3, 0.4) is 0 Å². The number of carbonyl (C=O) groups excluding carboxylic acids is 1.